The number of nitrogens with zero attached hydrogens (tertiary/aromatic N) is 2. The van der Waals surface area contributed by atoms with E-state index in [0.717, 1.165) is 50.3 Å². The molecule has 0 atom stereocenters. The Labute approximate surface area is 171 Å². The number of aromatic nitrogens is 3. The molecule has 0 unspecified atom stereocenters. The first kappa shape index (κ1) is 19.0. The number of hydrogen-bond donors (Lipinski definition) is 3. The number of ether oxygens (including phenoxy) is 1. The number of nitrogens with one attached hydrogen (secondary N) is 3. The van der Waals surface area contributed by atoms with E-state index in [4.69, 9.17) is 4.74 Å². The van der Waals surface area contributed by atoms with Gasteiger partial charge in [0.2, 0.25) is 5.95 Å². The summed E-state index contributed by atoms with van der Waals surface area (Å²) in [6, 6.07) is 6.81. The summed E-state index contributed by atoms with van der Waals surface area (Å²) >= 11 is 0. The van der Waals surface area contributed by atoms with Crippen molar-refractivity contribution in [2.45, 2.75) is 50.7 Å². The van der Waals surface area contributed by atoms with E-state index in [-0.39, 0.29) is 28.8 Å². The maximum Gasteiger partial charge on any atom is 0.418 e. The Hall–Kier alpha value is -2.97. The lowest BCUT2D eigenvalue weighted by atomic mass is 9.95. The Morgan fingerprint density at radius 2 is 2.00 bits per heavy atom. The lowest BCUT2D eigenvalue weighted by Gasteiger charge is -2.24. The second-order valence-corrected chi connectivity index (χ2v) is 7.72. The summed E-state index contributed by atoms with van der Waals surface area (Å²) in [6.45, 7) is 0.574. The summed E-state index contributed by atoms with van der Waals surface area (Å²) in [4.78, 5) is 11.4. The largest absolute Gasteiger partial charge is 0.491 e. The Balaban J connectivity index is 1.56. The van der Waals surface area contributed by atoms with E-state index in [1.165, 1.54) is 0 Å². The van der Waals surface area contributed by atoms with Crippen LogP contribution in [0.2, 0.25) is 0 Å². The zero-order chi connectivity index (χ0) is 20.7. The average Bonchev–Trinajstić information content (AvgIpc) is 3.36. The number of aromatic amines is 1. The van der Waals surface area contributed by atoms with Crippen molar-refractivity contribution < 1.29 is 17.9 Å². The van der Waals surface area contributed by atoms with Crippen molar-refractivity contribution in [2.75, 3.05) is 17.2 Å². The summed E-state index contributed by atoms with van der Waals surface area (Å²) in [5.74, 6) is 1.09. The monoisotopic (exact) mass is 416 g/mol. The maximum atomic E-state index is 13.6. The zero-order valence-corrected chi connectivity index (χ0v) is 16.2. The molecule has 5 rings (SSSR count). The van der Waals surface area contributed by atoms with Crippen LogP contribution in [0.15, 0.2) is 18.3 Å². The molecule has 1 aliphatic heterocycles. The molecule has 6 nitrogen and oxygen atoms in total. The first-order valence-electron chi connectivity index (χ1n) is 10.2. The van der Waals surface area contributed by atoms with E-state index in [0.29, 0.717) is 18.0 Å². The molecule has 0 spiro atoms. The second kappa shape index (κ2) is 7.37. The number of benzene rings is 1. The first-order chi connectivity index (χ1) is 14.5. The number of rotatable bonds is 4. The van der Waals surface area contributed by atoms with Gasteiger partial charge in [0.15, 0.2) is 0 Å². The van der Waals surface area contributed by atoms with Gasteiger partial charge in [-0.25, -0.2) is 0 Å². The Bertz CT molecular complexity index is 1070. The van der Waals surface area contributed by atoms with Crippen LogP contribution >= 0.6 is 0 Å². The minimum Gasteiger partial charge on any atom is -0.491 e. The van der Waals surface area contributed by atoms with E-state index < -0.39 is 11.7 Å². The molecule has 3 heterocycles. The Morgan fingerprint density at radius 1 is 1.17 bits per heavy atom. The molecule has 1 radical (unpaired) electrons. The van der Waals surface area contributed by atoms with E-state index >= 15 is 0 Å². The van der Waals surface area contributed by atoms with Crippen molar-refractivity contribution >= 4 is 28.5 Å². The van der Waals surface area contributed by atoms with Gasteiger partial charge in [-0.1, -0.05) is 25.3 Å². The fraction of sp³-hybridized carbons (Fsp3) is 0.429. The topological polar surface area (TPSA) is 74.9 Å². The van der Waals surface area contributed by atoms with Crippen LogP contribution in [0.4, 0.5) is 30.6 Å². The van der Waals surface area contributed by atoms with Crippen LogP contribution in [-0.2, 0) is 12.6 Å². The number of anilines is 3. The second-order valence-electron chi connectivity index (χ2n) is 7.72. The van der Waals surface area contributed by atoms with E-state index in [1.807, 2.05) is 0 Å². The fourth-order valence-corrected chi connectivity index (χ4v) is 4.21. The van der Waals surface area contributed by atoms with Gasteiger partial charge in [0.1, 0.15) is 17.2 Å². The molecule has 30 heavy (non-hydrogen) atoms. The Morgan fingerprint density at radius 3 is 2.80 bits per heavy atom. The molecule has 0 bridgehead atoms. The highest BCUT2D eigenvalue weighted by Crippen LogP contribution is 2.39. The van der Waals surface area contributed by atoms with Crippen LogP contribution in [0.25, 0.3) is 11.0 Å². The van der Waals surface area contributed by atoms with Gasteiger partial charge in [-0.05, 0) is 25.0 Å². The van der Waals surface area contributed by atoms with Crippen molar-refractivity contribution in [3.63, 3.8) is 0 Å². The number of H-pyrrole nitrogens is 1. The van der Waals surface area contributed by atoms with Crippen LogP contribution in [0.1, 0.15) is 43.2 Å². The van der Waals surface area contributed by atoms with Crippen molar-refractivity contribution in [1.82, 2.24) is 15.0 Å². The standard InChI is InChI=1S/C21H21F3N5O/c22-21(23,24)14-11-25-18-16(14)19(26-13-6-2-1-3-7-13)29-20(28-18)27-15-8-4-5-12-9-10-30-17(12)15/h4,8,11,13H,1-3,6-7,9-10H2,(H3,25,26,27,28,29). The van der Waals surface area contributed by atoms with Crippen molar-refractivity contribution in [1.29, 1.82) is 0 Å². The lowest BCUT2D eigenvalue weighted by molar-refractivity contribution is -0.136. The van der Waals surface area contributed by atoms with E-state index in [9.17, 15) is 13.2 Å². The highest BCUT2D eigenvalue weighted by atomic mass is 19.4. The van der Waals surface area contributed by atoms with Gasteiger partial charge in [0, 0.05) is 24.2 Å². The van der Waals surface area contributed by atoms with Crippen LogP contribution in [0, 0.1) is 6.07 Å². The van der Waals surface area contributed by atoms with Crippen LogP contribution in [0.5, 0.6) is 5.75 Å². The fourth-order valence-electron chi connectivity index (χ4n) is 4.21. The summed E-state index contributed by atoms with van der Waals surface area (Å²) < 4.78 is 46.4. The summed E-state index contributed by atoms with van der Waals surface area (Å²) in [7, 11) is 0. The number of hydrogen-bond acceptors (Lipinski definition) is 5. The molecule has 9 heteroatoms. The van der Waals surface area contributed by atoms with Gasteiger partial charge >= 0.3 is 6.18 Å². The lowest BCUT2D eigenvalue weighted by Crippen LogP contribution is -2.23. The minimum atomic E-state index is -4.50. The normalized spacial score (nSPS) is 17.0. The molecule has 1 aromatic carbocycles. The third-order valence-electron chi connectivity index (χ3n) is 5.65. The Kier molecular flexibility index (Phi) is 4.67. The van der Waals surface area contributed by atoms with E-state index in [1.54, 1.807) is 12.1 Å². The summed E-state index contributed by atoms with van der Waals surface area (Å²) in [6.07, 6.45) is 2.31. The first-order valence-corrected chi connectivity index (χ1v) is 10.2. The van der Waals surface area contributed by atoms with E-state index in [2.05, 4.69) is 31.7 Å². The summed E-state index contributed by atoms with van der Waals surface area (Å²) in [5, 5.41) is 6.34. The highest BCUT2D eigenvalue weighted by Gasteiger charge is 2.36. The third-order valence-corrected chi connectivity index (χ3v) is 5.65. The highest BCUT2D eigenvalue weighted by molar-refractivity contribution is 5.92. The molecule has 3 N–H and O–H groups in total. The molecule has 1 fully saturated rings. The van der Waals surface area contributed by atoms with Gasteiger partial charge < -0.3 is 20.4 Å². The molecule has 1 saturated carbocycles. The molecular weight excluding hydrogens is 395 g/mol. The molecule has 2 aromatic heterocycles. The molecule has 1 aliphatic carbocycles. The third kappa shape index (κ3) is 3.53. The van der Waals surface area contributed by atoms with Gasteiger partial charge in [-0.15, -0.1) is 0 Å². The molecule has 2 aliphatic rings. The van der Waals surface area contributed by atoms with Crippen LogP contribution in [0.3, 0.4) is 0 Å². The van der Waals surface area contributed by atoms with Gasteiger partial charge in [0.25, 0.3) is 0 Å². The molecule has 0 amide bonds. The van der Waals surface area contributed by atoms with Crippen molar-refractivity contribution in [2.24, 2.45) is 0 Å². The maximum absolute atomic E-state index is 13.6. The van der Waals surface area contributed by atoms with Crippen LogP contribution in [-0.4, -0.2) is 27.6 Å². The predicted molar refractivity (Wildman–Crippen MR) is 107 cm³/mol. The zero-order valence-electron chi connectivity index (χ0n) is 16.2. The van der Waals surface area contributed by atoms with Gasteiger partial charge in [-0.3, -0.25) is 0 Å². The minimum absolute atomic E-state index is 0.0264. The van der Waals surface area contributed by atoms with Crippen molar-refractivity contribution in [3.05, 3.63) is 35.5 Å². The predicted octanol–water partition coefficient (Wildman–Crippen LogP) is 5.20. The molecule has 157 valence electrons. The molecule has 3 aromatic rings. The smallest absolute Gasteiger partial charge is 0.418 e. The van der Waals surface area contributed by atoms with Crippen LogP contribution < -0.4 is 15.4 Å². The quantitative estimate of drug-likeness (QED) is 0.545. The number of halogens is 3. The molecular formula is C21H21F3N5O. The summed E-state index contributed by atoms with van der Waals surface area (Å²) in [5.41, 5.74) is 1.01. The van der Waals surface area contributed by atoms with Crippen molar-refractivity contribution in [3.8, 4) is 5.75 Å². The average molecular weight is 416 g/mol. The molecule has 0 saturated heterocycles. The SMILES string of the molecule is FC(F)(F)c1c[nH]c2nc(Nc3cc[c]c4c3OCC4)nc(NC3CCCCC3)c12. The number of fused-ring (bicyclic) bond motifs is 2. The van der Waals surface area contributed by atoms with Gasteiger partial charge in [-0.2, -0.15) is 23.1 Å². The van der Waals surface area contributed by atoms with Gasteiger partial charge in [0.05, 0.1) is 23.2 Å². The number of alkyl halides is 3.